The van der Waals surface area contributed by atoms with Crippen molar-refractivity contribution in [3.63, 3.8) is 0 Å². The second kappa shape index (κ2) is 4.91. The number of aryl methyl sites for hydroxylation is 1. The SMILES string of the molecule is CC[C@@H]1c2nnc(C)n2-c2cnc(Cl)nc2N1C(C)C1CC1. The van der Waals surface area contributed by atoms with E-state index in [1.807, 2.05) is 6.92 Å². The fourth-order valence-corrected chi connectivity index (χ4v) is 3.65. The van der Waals surface area contributed by atoms with E-state index in [9.17, 15) is 0 Å². The van der Waals surface area contributed by atoms with E-state index in [0.717, 1.165) is 35.5 Å². The Morgan fingerprint density at radius 3 is 2.82 bits per heavy atom. The molecule has 1 fully saturated rings. The fraction of sp³-hybridized carbons (Fsp3) is 0.600. The van der Waals surface area contributed by atoms with Crippen LogP contribution in [0.4, 0.5) is 5.82 Å². The van der Waals surface area contributed by atoms with Crippen LogP contribution >= 0.6 is 11.6 Å². The van der Waals surface area contributed by atoms with Crippen LogP contribution in [-0.2, 0) is 0 Å². The standard InChI is InChI=1S/C15H19ClN6/c1-4-11-14-20-19-9(3)22(14)12-7-17-15(16)18-13(12)21(11)8(2)10-5-6-10/h7-8,10-11H,4-6H2,1-3H3/t8?,11-/m1/s1. The summed E-state index contributed by atoms with van der Waals surface area (Å²) in [6.45, 7) is 6.42. The highest BCUT2D eigenvalue weighted by Gasteiger charge is 2.41. The Bertz CT molecular complexity index is 723. The average Bonchev–Trinajstić information content (AvgIpc) is 3.29. The number of nitrogens with zero attached hydrogens (tertiary/aromatic N) is 6. The third kappa shape index (κ3) is 1.93. The zero-order chi connectivity index (χ0) is 15.4. The van der Waals surface area contributed by atoms with E-state index in [4.69, 9.17) is 11.6 Å². The van der Waals surface area contributed by atoms with Crippen molar-refractivity contribution in [2.24, 2.45) is 5.92 Å². The Morgan fingerprint density at radius 2 is 2.14 bits per heavy atom. The Morgan fingerprint density at radius 1 is 1.36 bits per heavy atom. The van der Waals surface area contributed by atoms with Crippen LogP contribution in [0.3, 0.4) is 0 Å². The molecule has 0 N–H and O–H groups in total. The van der Waals surface area contributed by atoms with E-state index in [0.29, 0.717) is 6.04 Å². The maximum absolute atomic E-state index is 6.08. The van der Waals surface area contributed by atoms with Crippen molar-refractivity contribution in [3.05, 3.63) is 23.1 Å². The molecule has 0 saturated heterocycles. The summed E-state index contributed by atoms with van der Waals surface area (Å²) in [6, 6.07) is 0.593. The molecule has 2 atom stereocenters. The molecule has 4 rings (SSSR count). The number of rotatable bonds is 3. The van der Waals surface area contributed by atoms with Crippen LogP contribution in [0.1, 0.15) is 50.8 Å². The van der Waals surface area contributed by atoms with Crippen LogP contribution < -0.4 is 4.90 Å². The molecule has 3 heterocycles. The van der Waals surface area contributed by atoms with Crippen LogP contribution in [0, 0.1) is 12.8 Å². The number of fused-ring (bicyclic) bond motifs is 3. The van der Waals surface area contributed by atoms with E-state index in [1.165, 1.54) is 12.8 Å². The highest BCUT2D eigenvalue weighted by molar-refractivity contribution is 6.28. The number of aromatic nitrogens is 5. The van der Waals surface area contributed by atoms with Gasteiger partial charge in [0.05, 0.1) is 12.2 Å². The summed E-state index contributed by atoms with van der Waals surface area (Å²) in [4.78, 5) is 11.1. The minimum absolute atomic E-state index is 0.176. The van der Waals surface area contributed by atoms with Crippen LogP contribution in [-0.4, -0.2) is 30.8 Å². The molecule has 1 aliphatic heterocycles. The van der Waals surface area contributed by atoms with Gasteiger partial charge in [-0.05, 0) is 50.6 Å². The van der Waals surface area contributed by atoms with Crippen LogP contribution in [0.15, 0.2) is 6.20 Å². The number of anilines is 1. The first-order valence-electron chi connectivity index (χ1n) is 7.85. The molecular formula is C15H19ClN6. The zero-order valence-electron chi connectivity index (χ0n) is 13.0. The molecular weight excluding hydrogens is 300 g/mol. The third-order valence-electron chi connectivity index (χ3n) is 4.82. The highest BCUT2D eigenvalue weighted by atomic mass is 35.5. The van der Waals surface area contributed by atoms with Crippen LogP contribution in [0.5, 0.6) is 0 Å². The van der Waals surface area contributed by atoms with Crippen molar-refractivity contribution in [2.75, 3.05) is 4.90 Å². The van der Waals surface area contributed by atoms with Gasteiger partial charge in [0.1, 0.15) is 11.5 Å². The van der Waals surface area contributed by atoms with Gasteiger partial charge >= 0.3 is 0 Å². The molecule has 1 unspecified atom stereocenters. The molecule has 116 valence electrons. The first-order valence-corrected chi connectivity index (χ1v) is 8.22. The van der Waals surface area contributed by atoms with Gasteiger partial charge in [0.15, 0.2) is 11.6 Å². The van der Waals surface area contributed by atoms with Gasteiger partial charge in [-0.25, -0.2) is 4.98 Å². The Balaban J connectivity index is 1.94. The second-order valence-electron chi connectivity index (χ2n) is 6.20. The van der Waals surface area contributed by atoms with E-state index in [1.54, 1.807) is 6.20 Å². The summed E-state index contributed by atoms with van der Waals surface area (Å²) < 4.78 is 2.07. The van der Waals surface area contributed by atoms with E-state index in [2.05, 4.69) is 43.5 Å². The largest absolute Gasteiger partial charge is 0.341 e. The van der Waals surface area contributed by atoms with Gasteiger partial charge in [0, 0.05) is 6.04 Å². The molecule has 7 heteroatoms. The molecule has 1 aliphatic carbocycles. The smallest absolute Gasteiger partial charge is 0.224 e. The molecule has 0 radical (unpaired) electrons. The molecule has 22 heavy (non-hydrogen) atoms. The van der Waals surface area contributed by atoms with Gasteiger partial charge in [-0.3, -0.25) is 4.57 Å². The second-order valence-corrected chi connectivity index (χ2v) is 6.54. The maximum Gasteiger partial charge on any atom is 0.224 e. The molecule has 2 aromatic heterocycles. The van der Waals surface area contributed by atoms with Crippen molar-refractivity contribution in [3.8, 4) is 5.69 Å². The molecule has 0 bridgehead atoms. The van der Waals surface area contributed by atoms with Crippen molar-refractivity contribution < 1.29 is 0 Å². The summed E-state index contributed by atoms with van der Waals surface area (Å²) in [5.41, 5.74) is 0.930. The summed E-state index contributed by atoms with van der Waals surface area (Å²) >= 11 is 6.08. The lowest BCUT2D eigenvalue weighted by Crippen LogP contribution is -2.43. The Labute approximate surface area is 134 Å². The van der Waals surface area contributed by atoms with Gasteiger partial charge in [0.25, 0.3) is 0 Å². The first-order chi connectivity index (χ1) is 10.6. The van der Waals surface area contributed by atoms with Gasteiger partial charge < -0.3 is 4.90 Å². The predicted molar refractivity (Wildman–Crippen MR) is 84.4 cm³/mol. The summed E-state index contributed by atoms with van der Waals surface area (Å²) in [7, 11) is 0. The van der Waals surface area contributed by atoms with Crippen molar-refractivity contribution in [1.82, 2.24) is 24.7 Å². The highest BCUT2D eigenvalue weighted by Crippen LogP contribution is 2.45. The Kier molecular flexibility index (Phi) is 3.11. The van der Waals surface area contributed by atoms with E-state index < -0.39 is 0 Å². The van der Waals surface area contributed by atoms with Crippen LogP contribution in [0.2, 0.25) is 5.28 Å². The molecule has 1 saturated carbocycles. The monoisotopic (exact) mass is 318 g/mol. The number of hydrogen-bond acceptors (Lipinski definition) is 5. The topological polar surface area (TPSA) is 59.7 Å². The lowest BCUT2D eigenvalue weighted by Gasteiger charge is -2.41. The normalized spacial score (nSPS) is 21.5. The van der Waals surface area contributed by atoms with Crippen molar-refractivity contribution >= 4 is 17.4 Å². The molecule has 0 amide bonds. The first kappa shape index (κ1) is 13.9. The Hall–Kier alpha value is -1.69. The minimum Gasteiger partial charge on any atom is -0.341 e. The third-order valence-corrected chi connectivity index (χ3v) is 5.00. The van der Waals surface area contributed by atoms with Gasteiger partial charge in [-0.2, -0.15) is 4.98 Å². The molecule has 6 nitrogen and oxygen atoms in total. The summed E-state index contributed by atoms with van der Waals surface area (Å²) in [6.07, 6.45) is 5.31. The number of hydrogen-bond donors (Lipinski definition) is 0. The van der Waals surface area contributed by atoms with Gasteiger partial charge in [-0.1, -0.05) is 6.92 Å². The van der Waals surface area contributed by atoms with Gasteiger partial charge in [0.2, 0.25) is 5.28 Å². The van der Waals surface area contributed by atoms with Crippen molar-refractivity contribution in [1.29, 1.82) is 0 Å². The predicted octanol–water partition coefficient (Wildman–Crippen LogP) is 3.09. The summed E-state index contributed by atoms with van der Waals surface area (Å²) in [5, 5.41) is 8.98. The van der Waals surface area contributed by atoms with E-state index in [-0.39, 0.29) is 11.3 Å². The van der Waals surface area contributed by atoms with E-state index >= 15 is 0 Å². The molecule has 0 spiro atoms. The van der Waals surface area contributed by atoms with Gasteiger partial charge in [-0.15, -0.1) is 10.2 Å². The zero-order valence-corrected chi connectivity index (χ0v) is 13.7. The van der Waals surface area contributed by atoms with Crippen molar-refractivity contribution in [2.45, 2.75) is 52.1 Å². The lowest BCUT2D eigenvalue weighted by molar-refractivity contribution is 0.453. The maximum atomic E-state index is 6.08. The van der Waals surface area contributed by atoms with Crippen LogP contribution in [0.25, 0.3) is 5.69 Å². The average molecular weight is 319 g/mol. The lowest BCUT2D eigenvalue weighted by atomic mass is 10.0. The molecule has 2 aromatic rings. The number of halogens is 1. The molecule has 0 aromatic carbocycles. The fourth-order valence-electron chi connectivity index (χ4n) is 3.52. The quantitative estimate of drug-likeness (QED) is 0.814. The molecule has 2 aliphatic rings. The minimum atomic E-state index is 0.176. The summed E-state index contributed by atoms with van der Waals surface area (Å²) in [5.74, 6) is 3.47.